The normalized spacial score (nSPS) is 12.4. The molecule has 0 aliphatic carbocycles. The lowest BCUT2D eigenvalue weighted by molar-refractivity contribution is -0.888. The van der Waals surface area contributed by atoms with E-state index in [0.717, 1.165) is 36.3 Å². The van der Waals surface area contributed by atoms with Crippen LogP contribution in [0.4, 0.5) is 0 Å². The van der Waals surface area contributed by atoms with Gasteiger partial charge in [-0.3, -0.25) is 0 Å². The molecular formula is C28H34NO+. The Morgan fingerprint density at radius 3 is 1.77 bits per heavy atom. The van der Waals surface area contributed by atoms with Crippen LogP contribution in [-0.4, -0.2) is 38.3 Å². The fourth-order valence-electron chi connectivity index (χ4n) is 3.57. The fourth-order valence-corrected chi connectivity index (χ4v) is 3.57. The first-order chi connectivity index (χ1) is 14.5. The molecular weight excluding hydrogens is 366 g/mol. The number of ether oxygens (including phenoxy) is 1. The maximum absolute atomic E-state index is 6.02. The third kappa shape index (κ3) is 5.61. The molecule has 2 heteroatoms. The minimum atomic E-state index is 0.728. The molecule has 0 saturated carbocycles. The smallest absolute Gasteiger partial charge is 0.137 e. The predicted octanol–water partition coefficient (Wildman–Crippen LogP) is 6.53. The van der Waals surface area contributed by atoms with E-state index in [2.05, 4.69) is 113 Å². The monoisotopic (exact) mass is 400 g/mol. The number of likely N-dealkylation sites (N-methyl/N-ethyl adjacent to an activating group) is 1. The van der Waals surface area contributed by atoms with Gasteiger partial charge >= 0.3 is 0 Å². The van der Waals surface area contributed by atoms with Gasteiger partial charge in [-0.25, -0.2) is 0 Å². The van der Waals surface area contributed by atoms with Crippen LogP contribution < -0.4 is 4.74 Å². The summed E-state index contributed by atoms with van der Waals surface area (Å²) in [6.07, 6.45) is 0.969. The molecule has 0 fully saturated rings. The van der Waals surface area contributed by atoms with Crippen molar-refractivity contribution in [3.63, 3.8) is 0 Å². The van der Waals surface area contributed by atoms with E-state index >= 15 is 0 Å². The number of hydrogen-bond donors (Lipinski definition) is 0. The molecule has 3 aromatic rings. The van der Waals surface area contributed by atoms with Crippen LogP contribution in [0.15, 0.2) is 84.9 Å². The van der Waals surface area contributed by atoms with Crippen LogP contribution in [0.2, 0.25) is 0 Å². The Kier molecular flexibility index (Phi) is 7.48. The van der Waals surface area contributed by atoms with E-state index in [4.69, 9.17) is 4.74 Å². The summed E-state index contributed by atoms with van der Waals surface area (Å²) in [5.41, 5.74) is 6.39. The summed E-state index contributed by atoms with van der Waals surface area (Å²) in [5.74, 6) is 0.931. The maximum Gasteiger partial charge on any atom is 0.137 e. The van der Waals surface area contributed by atoms with Crippen LogP contribution in [0.1, 0.15) is 37.0 Å². The lowest BCUT2D eigenvalue weighted by atomic mass is 9.88. The van der Waals surface area contributed by atoms with Crippen LogP contribution >= 0.6 is 0 Å². The number of quaternary nitrogens is 1. The Balaban J connectivity index is 1.93. The van der Waals surface area contributed by atoms with Gasteiger partial charge in [0, 0.05) is 0 Å². The molecule has 0 saturated heterocycles. The van der Waals surface area contributed by atoms with Crippen LogP contribution in [0, 0.1) is 0 Å². The van der Waals surface area contributed by atoms with Crippen molar-refractivity contribution in [2.75, 3.05) is 33.8 Å². The number of hydrogen-bond acceptors (Lipinski definition) is 1. The van der Waals surface area contributed by atoms with Gasteiger partial charge in [-0.05, 0) is 53.3 Å². The van der Waals surface area contributed by atoms with E-state index in [1.54, 1.807) is 0 Å². The Bertz CT molecular complexity index is 941. The van der Waals surface area contributed by atoms with E-state index in [-0.39, 0.29) is 0 Å². The molecule has 0 aromatic heterocycles. The molecule has 0 atom stereocenters. The number of rotatable bonds is 9. The topological polar surface area (TPSA) is 9.23 Å². The van der Waals surface area contributed by atoms with Gasteiger partial charge < -0.3 is 9.22 Å². The van der Waals surface area contributed by atoms with Gasteiger partial charge in [0.25, 0.3) is 0 Å². The zero-order chi connectivity index (χ0) is 21.4. The lowest BCUT2D eigenvalue weighted by Gasteiger charge is -2.27. The minimum Gasteiger partial charge on any atom is -0.488 e. The summed E-state index contributed by atoms with van der Waals surface area (Å²) in [7, 11) is 4.47. The highest BCUT2D eigenvalue weighted by Gasteiger charge is 2.14. The summed E-state index contributed by atoms with van der Waals surface area (Å²) in [5, 5.41) is 0. The molecule has 0 heterocycles. The summed E-state index contributed by atoms with van der Waals surface area (Å²) in [6.45, 7) is 7.28. The van der Waals surface area contributed by atoms with Crippen molar-refractivity contribution in [1.29, 1.82) is 0 Å². The summed E-state index contributed by atoms with van der Waals surface area (Å²) in [6, 6.07) is 30.0. The Labute approximate surface area is 182 Å². The molecule has 0 aliphatic rings. The van der Waals surface area contributed by atoms with Gasteiger partial charge in [0.2, 0.25) is 0 Å². The quantitative estimate of drug-likeness (QED) is 0.293. The molecule has 0 amide bonds. The first-order valence-electron chi connectivity index (χ1n) is 10.9. The Hall–Kier alpha value is -2.84. The molecule has 0 N–H and O–H groups in total. The highest BCUT2D eigenvalue weighted by atomic mass is 16.5. The zero-order valence-electron chi connectivity index (χ0n) is 18.8. The van der Waals surface area contributed by atoms with E-state index in [1.807, 2.05) is 0 Å². The molecule has 0 spiro atoms. The fraction of sp³-hybridized carbons (Fsp3) is 0.286. The molecule has 3 rings (SSSR count). The third-order valence-electron chi connectivity index (χ3n) is 5.80. The summed E-state index contributed by atoms with van der Waals surface area (Å²) < 4.78 is 6.99. The van der Waals surface area contributed by atoms with Crippen LogP contribution in [-0.2, 0) is 0 Å². The van der Waals surface area contributed by atoms with Crippen molar-refractivity contribution >= 4 is 11.1 Å². The first kappa shape index (κ1) is 21.9. The maximum atomic E-state index is 6.02. The van der Waals surface area contributed by atoms with E-state index < -0.39 is 0 Å². The van der Waals surface area contributed by atoms with Crippen molar-refractivity contribution < 1.29 is 9.22 Å². The zero-order valence-corrected chi connectivity index (χ0v) is 18.8. The average molecular weight is 401 g/mol. The van der Waals surface area contributed by atoms with Crippen molar-refractivity contribution in [3.05, 3.63) is 102 Å². The molecule has 2 nitrogen and oxygen atoms in total. The van der Waals surface area contributed by atoms with Crippen molar-refractivity contribution in [2.24, 2.45) is 0 Å². The highest BCUT2D eigenvalue weighted by molar-refractivity contribution is 5.98. The van der Waals surface area contributed by atoms with Crippen molar-refractivity contribution in [2.45, 2.75) is 20.3 Å². The minimum absolute atomic E-state index is 0.728. The second-order valence-electron chi connectivity index (χ2n) is 8.29. The van der Waals surface area contributed by atoms with Crippen LogP contribution in [0.25, 0.3) is 11.1 Å². The highest BCUT2D eigenvalue weighted by Crippen LogP contribution is 2.34. The molecule has 0 radical (unpaired) electrons. The van der Waals surface area contributed by atoms with Gasteiger partial charge in [0.05, 0.1) is 20.6 Å². The molecule has 3 aromatic carbocycles. The standard InChI is InChI=1S/C28H34NO/c1-5-27(23-13-9-7-10-14-23)28(24-15-11-8-12-16-24)25-17-19-26(20-18-25)30-22-21-29(3,4)6-2/h7-20H,5-6,21-22H2,1-4H3/q+1/b28-27-. The molecule has 30 heavy (non-hydrogen) atoms. The number of nitrogens with zero attached hydrogens (tertiary/aromatic N) is 1. The second-order valence-corrected chi connectivity index (χ2v) is 8.29. The summed E-state index contributed by atoms with van der Waals surface area (Å²) in [4.78, 5) is 0. The second kappa shape index (κ2) is 10.3. The third-order valence-corrected chi connectivity index (χ3v) is 5.80. The van der Waals surface area contributed by atoms with Crippen molar-refractivity contribution in [3.8, 4) is 5.75 Å². The first-order valence-corrected chi connectivity index (χ1v) is 10.9. The Morgan fingerprint density at radius 1 is 0.700 bits per heavy atom. The van der Waals surface area contributed by atoms with Crippen LogP contribution in [0.3, 0.4) is 0 Å². The summed E-state index contributed by atoms with van der Waals surface area (Å²) >= 11 is 0. The van der Waals surface area contributed by atoms with Crippen molar-refractivity contribution in [1.82, 2.24) is 0 Å². The van der Waals surface area contributed by atoms with Crippen LogP contribution in [0.5, 0.6) is 5.75 Å². The van der Waals surface area contributed by atoms with Gasteiger partial charge in [0.1, 0.15) is 18.9 Å². The van der Waals surface area contributed by atoms with Gasteiger partial charge in [0.15, 0.2) is 0 Å². The molecule has 0 bridgehead atoms. The Morgan fingerprint density at radius 2 is 1.23 bits per heavy atom. The molecule has 156 valence electrons. The molecule has 0 unspecified atom stereocenters. The van der Waals surface area contributed by atoms with Gasteiger partial charge in [-0.15, -0.1) is 0 Å². The van der Waals surface area contributed by atoms with E-state index in [1.165, 1.54) is 27.8 Å². The predicted molar refractivity (Wildman–Crippen MR) is 129 cm³/mol. The molecule has 0 aliphatic heterocycles. The average Bonchev–Trinajstić information content (AvgIpc) is 2.79. The van der Waals surface area contributed by atoms with E-state index in [9.17, 15) is 0 Å². The SMILES string of the molecule is CC/C(=C(\c1ccccc1)c1ccc(OCC[N+](C)(C)CC)cc1)c1ccccc1. The largest absolute Gasteiger partial charge is 0.488 e. The number of allylic oxidation sites excluding steroid dienone is 1. The number of benzene rings is 3. The van der Waals surface area contributed by atoms with Gasteiger partial charge in [-0.2, -0.15) is 0 Å². The lowest BCUT2D eigenvalue weighted by Crippen LogP contribution is -2.42. The van der Waals surface area contributed by atoms with E-state index in [0.29, 0.717) is 0 Å². The van der Waals surface area contributed by atoms with Gasteiger partial charge in [-0.1, -0.05) is 79.7 Å².